The number of hydrogen-bond donors (Lipinski definition) is 2. The molecule has 2 aliphatic rings. The first-order chi connectivity index (χ1) is 12.5. The quantitative estimate of drug-likeness (QED) is 0.509. The number of carboxylic acid groups (broad SMARTS) is 1. The fourth-order valence-corrected chi connectivity index (χ4v) is 5.90. The summed E-state index contributed by atoms with van der Waals surface area (Å²) in [5.41, 5.74) is 0. The fourth-order valence-electron chi connectivity index (χ4n) is 4.52. The van der Waals surface area contributed by atoms with Crippen molar-refractivity contribution in [2.45, 2.75) is 55.9 Å². The zero-order valence-corrected chi connectivity index (χ0v) is 15.7. The molecular weight excluding hydrogens is 350 g/mol. The van der Waals surface area contributed by atoms with E-state index in [-0.39, 0.29) is 12.5 Å². The van der Waals surface area contributed by atoms with Gasteiger partial charge >= 0.3 is 5.97 Å². The Kier molecular flexibility index (Phi) is 6.14. The lowest BCUT2D eigenvalue weighted by molar-refractivity contribution is -0.137. The molecule has 2 saturated carbocycles. The molecule has 2 bridgehead atoms. The number of unbranched alkanes of at least 4 members (excludes halogenated alkanes) is 1. The Bertz CT molecular complexity index is 744. The summed E-state index contributed by atoms with van der Waals surface area (Å²) in [6.07, 6.45) is 10.00. The highest BCUT2D eigenvalue weighted by molar-refractivity contribution is 7.89. The van der Waals surface area contributed by atoms with Gasteiger partial charge in [0.1, 0.15) is 0 Å². The van der Waals surface area contributed by atoms with E-state index in [9.17, 15) is 13.2 Å². The van der Waals surface area contributed by atoms with E-state index in [1.54, 1.807) is 24.3 Å². The van der Waals surface area contributed by atoms with Crippen LogP contribution < -0.4 is 4.72 Å². The Balaban J connectivity index is 1.60. The molecule has 4 atom stereocenters. The van der Waals surface area contributed by atoms with Crippen molar-refractivity contribution < 1.29 is 18.3 Å². The van der Waals surface area contributed by atoms with Gasteiger partial charge in [-0.1, -0.05) is 30.4 Å². The van der Waals surface area contributed by atoms with Crippen LogP contribution in [0.1, 0.15) is 44.9 Å². The Morgan fingerprint density at radius 3 is 2.62 bits per heavy atom. The standard InChI is InChI=1S/C20H27NO4S/c22-19(23)11-7-2-1-6-10-18-15-12-13-16(14-15)20(18)21-26(24,25)17-8-4-3-5-9-17/h1,3-6,8-9,15-16,18,20-21H,2,7,10-14H2,(H,22,23)/b6-1-/t15-,16+,18+,20-/m1/s1. The molecule has 1 aromatic carbocycles. The van der Waals surface area contributed by atoms with Crippen molar-refractivity contribution in [2.75, 3.05) is 0 Å². The second kappa shape index (κ2) is 8.35. The molecule has 0 unspecified atom stereocenters. The second-order valence-corrected chi connectivity index (χ2v) is 9.16. The van der Waals surface area contributed by atoms with Crippen LogP contribution in [0.4, 0.5) is 0 Å². The minimum Gasteiger partial charge on any atom is -0.481 e. The molecule has 0 aromatic heterocycles. The first kappa shape index (κ1) is 19.1. The lowest BCUT2D eigenvalue weighted by Crippen LogP contribution is -2.43. The molecule has 1 aromatic rings. The van der Waals surface area contributed by atoms with Crippen LogP contribution in [-0.4, -0.2) is 25.5 Å². The lowest BCUT2D eigenvalue weighted by atomic mass is 9.83. The van der Waals surface area contributed by atoms with Gasteiger partial charge in [-0.2, -0.15) is 0 Å². The van der Waals surface area contributed by atoms with Crippen LogP contribution in [0.5, 0.6) is 0 Å². The highest BCUT2D eigenvalue weighted by atomic mass is 32.2. The Labute approximate surface area is 155 Å². The largest absolute Gasteiger partial charge is 0.481 e. The zero-order valence-electron chi connectivity index (χ0n) is 14.9. The normalized spacial score (nSPS) is 28.0. The number of rotatable bonds is 9. The molecule has 142 valence electrons. The molecule has 5 nitrogen and oxygen atoms in total. The summed E-state index contributed by atoms with van der Waals surface area (Å²) in [6, 6.07) is 8.57. The van der Waals surface area contributed by atoms with E-state index < -0.39 is 16.0 Å². The Morgan fingerprint density at radius 2 is 1.88 bits per heavy atom. The SMILES string of the molecule is O=C(O)CCC/C=C\C[C@H]1[C@@H]2CC[C@@H](C2)[C@H]1NS(=O)(=O)c1ccccc1. The van der Waals surface area contributed by atoms with Crippen LogP contribution in [0.3, 0.4) is 0 Å². The Hall–Kier alpha value is -1.66. The maximum Gasteiger partial charge on any atom is 0.303 e. The topological polar surface area (TPSA) is 83.5 Å². The fraction of sp³-hybridized carbons (Fsp3) is 0.550. The predicted molar refractivity (Wildman–Crippen MR) is 100 cm³/mol. The smallest absolute Gasteiger partial charge is 0.303 e. The highest BCUT2D eigenvalue weighted by Gasteiger charge is 2.48. The van der Waals surface area contributed by atoms with Crippen molar-refractivity contribution >= 4 is 16.0 Å². The van der Waals surface area contributed by atoms with E-state index in [1.807, 2.05) is 12.1 Å². The van der Waals surface area contributed by atoms with Gasteiger partial charge in [-0.15, -0.1) is 0 Å². The van der Waals surface area contributed by atoms with Crippen LogP contribution in [0, 0.1) is 17.8 Å². The number of allylic oxidation sites excluding steroid dienone is 2. The minimum atomic E-state index is -3.49. The number of aliphatic carboxylic acids is 1. The molecular formula is C20H27NO4S. The summed E-state index contributed by atoms with van der Waals surface area (Å²) in [7, 11) is -3.49. The minimum absolute atomic E-state index is 0.00243. The van der Waals surface area contributed by atoms with Gasteiger partial charge in [0.15, 0.2) is 0 Å². The van der Waals surface area contributed by atoms with Gasteiger partial charge in [-0.3, -0.25) is 4.79 Å². The van der Waals surface area contributed by atoms with Crippen molar-refractivity contribution in [3.05, 3.63) is 42.5 Å². The van der Waals surface area contributed by atoms with Gasteiger partial charge in [0, 0.05) is 12.5 Å². The van der Waals surface area contributed by atoms with Crippen LogP contribution in [0.15, 0.2) is 47.4 Å². The number of nitrogens with one attached hydrogen (secondary N) is 1. The lowest BCUT2D eigenvalue weighted by Gasteiger charge is -2.31. The third-order valence-electron chi connectivity index (χ3n) is 5.77. The van der Waals surface area contributed by atoms with Gasteiger partial charge in [0.05, 0.1) is 4.90 Å². The first-order valence-corrected chi connectivity index (χ1v) is 10.9. The van der Waals surface area contributed by atoms with Crippen molar-refractivity contribution in [1.29, 1.82) is 0 Å². The summed E-state index contributed by atoms with van der Waals surface area (Å²) in [4.78, 5) is 10.9. The highest BCUT2D eigenvalue weighted by Crippen LogP contribution is 2.50. The predicted octanol–water partition coefficient (Wildman–Crippen LogP) is 3.58. The molecule has 3 rings (SSSR count). The zero-order chi connectivity index (χ0) is 18.6. The molecule has 26 heavy (non-hydrogen) atoms. The third kappa shape index (κ3) is 4.54. The summed E-state index contributed by atoms with van der Waals surface area (Å²) >= 11 is 0. The van der Waals surface area contributed by atoms with Crippen LogP contribution in [0.25, 0.3) is 0 Å². The summed E-state index contributed by atoms with van der Waals surface area (Å²) < 4.78 is 28.4. The van der Waals surface area contributed by atoms with Crippen molar-refractivity contribution in [3.8, 4) is 0 Å². The summed E-state index contributed by atoms with van der Waals surface area (Å²) in [6.45, 7) is 0. The van der Waals surface area contributed by atoms with Crippen LogP contribution in [0.2, 0.25) is 0 Å². The third-order valence-corrected chi connectivity index (χ3v) is 7.24. The van der Waals surface area contributed by atoms with Gasteiger partial charge in [-0.05, 0) is 68.4 Å². The summed E-state index contributed by atoms with van der Waals surface area (Å²) in [5, 5.41) is 8.66. The van der Waals surface area contributed by atoms with Crippen molar-refractivity contribution in [2.24, 2.45) is 17.8 Å². The van der Waals surface area contributed by atoms with Gasteiger partial charge in [-0.25, -0.2) is 13.1 Å². The van der Waals surface area contributed by atoms with E-state index in [1.165, 1.54) is 6.42 Å². The number of fused-ring (bicyclic) bond motifs is 2. The summed E-state index contributed by atoms with van der Waals surface area (Å²) in [5.74, 6) is 0.598. The number of carboxylic acids is 1. The van der Waals surface area contributed by atoms with Gasteiger partial charge in [0.2, 0.25) is 10.0 Å². The maximum absolute atomic E-state index is 12.7. The average molecular weight is 378 g/mol. The van der Waals surface area contributed by atoms with E-state index in [4.69, 9.17) is 5.11 Å². The van der Waals surface area contributed by atoms with E-state index in [0.29, 0.717) is 29.1 Å². The average Bonchev–Trinajstić information content (AvgIpc) is 3.20. The van der Waals surface area contributed by atoms with Crippen molar-refractivity contribution in [3.63, 3.8) is 0 Å². The van der Waals surface area contributed by atoms with Crippen molar-refractivity contribution in [1.82, 2.24) is 4.72 Å². The van der Waals surface area contributed by atoms with E-state index in [2.05, 4.69) is 10.8 Å². The molecule has 0 amide bonds. The van der Waals surface area contributed by atoms with Gasteiger partial charge < -0.3 is 5.11 Å². The first-order valence-electron chi connectivity index (χ1n) is 9.41. The monoisotopic (exact) mass is 377 g/mol. The number of sulfonamides is 1. The number of benzene rings is 1. The van der Waals surface area contributed by atoms with Crippen LogP contribution in [-0.2, 0) is 14.8 Å². The molecule has 0 aliphatic heterocycles. The van der Waals surface area contributed by atoms with E-state index in [0.717, 1.165) is 25.7 Å². The molecule has 0 saturated heterocycles. The molecule has 0 radical (unpaired) electrons. The molecule has 2 aliphatic carbocycles. The van der Waals surface area contributed by atoms with Gasteiger partial charge in [0.25, 0.3) is 0 Å². The maximum atomic E-state index is 12.7. The van der Waals surface area contributed by atoms with E-state index >= 15 is 0 Å². The second-order valence-electron chi connectivity index (χ2n) is 7.45. The molecule has 0 heterocycles. The molecule has 2 N–H and O–H groups in total. The Morgan fingerprint density at radius 1 is 1.15 bits per heavy atom. The molecule has 2 fully saturated rings. The number of hydrogen-bond acceptors (Lipinski definition) is 3. The van der Waals surface area contributed by atoms with Crippen LogP contribution >= 0.6 is 0 Å². The number of carbonyl (C=O) groups is 1. The molecule has 6 heteroatoms. The molecule has 0 spiro atoms.